The molecule has 1 N–H and O–H groups in total. The average Bonchev–Trinajstić information content (AvgIpc) is 2.86. The summed E-state index contributed by atoms with van der Waals surface area (Å²) in [5, 5.41) is 0.254. The molecule has 1 aromatic heterocycles. The van der Waals surface area contributed by atoms with Crippen molar-refractivity contribution in [1.82, 2.24) is 9.97 Å². The van der Waals surface area contributed by atoms with Crippen molar-refractivity contribution in [2.45, 2.75) is 0 Å². The van der Waals surface area contributed by atoms with Gasteiger partial charge in [-0.2, -0.15) is 0 Å². The van der Waals surface area contributed by atoms with Crippen molar-refractivity contribution in [2.75, 3.05) is 38.3 Å². The number of nitrogens with zero attached hydrogens (tertiary/aromatic N) is 2. The number of hydrogen-bond acceptors (Lipinski definition) is 5. The Hall–Kier alpha value is -1.79. The van der Waals surface area contributed by atoms with E-state index in [4.69, 9.17) is 21.1 Å². The maximum Gasteiger partial charge on any atom is 0.340 e. The lowest BCUT2D eigenvalue weighted by Gasteiger charge is -2.29. The summed E-state index contributed by atoms with van der Waals surface area (Å²) in [6.45, 7) is 2.92. The van der Waals surface area contributed by atoms with Crippen LogP contribution in [0, 0.1) is 0 Å². The molecular weight excluding hydrogens is 282 g/mol. The largest absolute Gasteiger partial charge is 0.465 e. The first-order valence-corrected chi connectivity index (χ1v) is 6.67. The number of hydrogen-bond donors (Lipinski definition) is 1. The summed E-state index contributed by atoms with van der Waals surface area (Å²) >= 11 is 5.89. The van der Waals surface area contributed by atoms with Crippen molar-refractivity contribution < 1.29 is 14.3 Å². The van der Waals surface area contributed by atoms with Crippen LogP contribution in [0.4, 0.5) is 5.69 Å². The molecule has 106 valence electrons. The number of benzene rings is 1. The van der Waals surface area contributed by atoms with Gasteiger partial charge in [0.2, 0.25) is 5.28 Å². The molecule has 7 heteroatoms. The molecule has 0 saturated carbocycles. The second-order valence-electron chi connectivity index (χ2n) is 4.51. The molecule has 0 bridgehead atoms. The summed E-state index contributed by atoms with van der Waals surface area (Å²) in [5.74, 6) is -0.423. The zero-order valence-corrected chi connectivity index (χ0v) is 11.7. The molecule has 0 unspecified atom stereocenters. The molecule has 6 nitrogen and oxygen atoms in total. The molecule has 1 aliphatic heterocycles. The van der Waals surface area contributed by atoms with Crippen LogP contribution in [0.5, 0.6) is 0 Å². The van der Waals surface area contributed by atoms with Crippen molar-refractivity contribution in [1.29, 1.82) is 0 Å². The maximum absolute atomic E-state index is 11.9. The van der Waals surface area contributed by atoms with Crippen LogP contribution in [0.1, 0.15) is 10.4 Å². The van der Waals surface area contributed by atoms with E-state index in [0.29, 0.717) is 24.3 Å². The molecule has 0 amide bonds. The van der Waals surface area contributed by atoms with E-state index in [0.717, 1.165) is 24.3 Å². The first-order valence-electron chi connectivity index (χ1n) is 6.29. The lowest BCUT2D eigenvalue weighted by Crippen LogP contribution is -2.36. The molecule has 1 aromatic carbocycles. The van der Waals surface area contributed by atoms with E-state index >= 15 is 0 Å². The quantitative estimate of drug-likeness (QED) is 0.856. The van der Waals surface area contributed by atoms with Gasteiger partial charge in [0.1, 0.15) is 5.52 Å². The minimum atomic E-state index is -0.423. The number of aromatic amines is 1. The second-order valence-corrected chi connectivity index (χ2v) is 4.87. The SMILES string of the molecule is COC(=O)c1cc(N2CCOCC2)cc2[nH]c(Cl)nc12. The number of carbonyl (C=O) groups is 1. The van der Waals surface area contributed by atoms with Crippen molar-refractivity contribution in [3.05, 3.63) is 23.0 Å². The standard InChI is InChI=1S/C13H14ClN3O3/c1-19-12(18)9-6-8(17-2-4-20-5-3-17)7-10-11(9)16-13(14)15-10/h6-7H,2-5H2,1H3,(H,15,16). The number of rotatable bonds is 2. The molecule has 2 heterocycles. The number of H-pyrrole nitrogens is 1. The minimum absolute atomic E-state index is 0.254. The van der Waals surface area contributed by atoms with Crippen LogP contribution in [0.3, 0.4) is 0 Å². The Balaban J connectivity index is 2.11. The van der Waals surface area contributed by atoms with E-state index in [1.165, 1.54) is 7.11 Å². The number of methoxy groups -OCH3 is 1. The molecule has 1 saturated heterocycles. The molecule has 0 aliphatic carbocycles. The van der Waals surface area contributed by atoms with Gasteiger partial charge < -0.3 is 19.4 Å². The predicted molar refractivity (Wildman–Crippen MR) is 75.5 cm³/mol. The van der Waals surface area contributed by atoms with Gasteiger partial charge in [-0.15, -0.1) is 0 Å². The molecule has 0 radical (unpaired) electrons. The van der Waals surface area contributed by atoms with Crippen LogP contribution in [0.2, 0.25) is 5.28 Å². The lowest BCUT2D eigenvalue weighted by molar-refractivity contribution is 0.0603. The fourth-order valence-corrected chi connectivity index (χ4v) is 2.53. The zero-order valence-electron chi connectivity index (χ0n) is 11.0. The van der Waals surface area contributed by atoms with Gasteiger partial charge in [-0.1, -0.05) is 0 Å². The van der Waals surface area contributed by atoms with E-state index in [2.05, 4.69) is 14.9 Å². The van der Waals surface area contributed by atoms with E-state index in [9.17, 15) is 4.79 Å². The summed E-state index contributed by atoms with van der Waals surface area (Å²) in [6.07, 6.45) is 0. The fraction of sp³-hybridized carbons (Fsp3) is 0.385. The number of aromatic nitrogens is 2. The normalized spacial score (nSPS) is 15.6. The third-order valence-corrected chi connectivity index (χ3v) is 3.50. The van der Waals surface area contributed by atoms with Crippen LogP contribution in [-0.2, 0) is 9.47 Å². The highest BCUT2D eigenvalue weighted by Crippen LogP contribution is 2.27. The van der Waals surface area contributed by atoms with Crippen LogP contribution in [0.25, 0.3) is 11.0 Å². The molecule has 3 rings (SSSR count). The van der Waals surface area contributed by atoms with Crippen molar-refractivity contribution >= 4 is 34.3 Å². The third-order valence-electron chi connectivity index (χ3n) is 3.32. The van der Waals surface area contributed by atoms with Crippen LogP contribution >= 0.6 is 11.6 Å². The van der Waals surface area contributed by atoms with E-state index in [1.54, 1.807) is 6.07 Å². The number of carbonyl (C=O) groups excluding carboxylic acids is 1. The van der Waals surface area contributed by atoms with E-state index in [1.807, 2.05) is 6.07 Å². The molecule has 1 fully saturated rings. The Kier molecular flexibility index (Phi) is 3.50. The van der Waals surface area contributed by atoms with Gasteiger partial charge in [-0.05, 0) is 23.7 Å². The smallest absolute Gasteiger partial charge is 0.340 e. The number of anilines is 1. The highest BCUT2D eigenvalue weighted by Gasteiger charge is 2.19. The fourth-order valence-electron chi connectivity index (χ4n) is 2.34. The average molecular weight is 296 g/mol. The monoisotopic (exact) mass is 295 g/mol. The Labute approximate surface area is 120 Å². The third kappa shape index (κ3) is 2.32. The lowest BCUT2D eigenvalue weighted by atomic mass is 10.1. The van der Waals surface area contributed by atoms with Crippen LogP contribution in [-0.4, -0.2) is 49.4 Å². The molecular formula is C13H14ClN3O3. The number of esters is 1. The van der Waals surface area contributed by atoms with E-state index in [-0.39, 0.29) is 5.28 Å². The highest BCUT2D eigenvalue weighted by molar-refractivity contribution is 6.29. The summed E-state index contributed by atoms with van der Waals surface area (Å²) < 4.78 is 10.2. The van der Waals surface area contributed by atoms with Gasteiger partial charge in [0.15, 0.2) is 0 Å². The van der Waals surface area contributed by atoms with Crippen LogP contribution in [0.15, 0.2) is 12.1 Å². The first-order chi connectivity index (χ1) is 9.69. The molecule has 0 atom stereocenters. The van der Waals surface area contributed by atoms with E-state index < -0.39 is 5.97 Å². The van der Waals surface area contributed by atoms with Crippen molar-refractivity contribution in [3.63, 3.8) is 0 Å². The Morgan fingerprint density at radius 1 is 1.45 bits per heavy atom. The Morgan fingerprint density at radius 3 is 2.90 bits per heavy atom. The Bertz CT molecular complexity index is 650. The summed E-state index contributed by atoms with van der Waals surface area (Å²) in [6, 6.07) is 3.72. The van der Waals surface area contributed by atoms with Crippen molar-refractivity contribution in [3.8, 4) is 0 Å². The number of fused-ring (bicyclic) bond motifs is 1. The molecule has 20 heavy (non-hydrogen) atoms. The minimum Gasteiger partial charge on any atom is -0.465 e. The second kappa shape index (κ2) is 5.30. The number of nitrogens with one attached hydrogen (secondary N) is 1. The predicted octanol–water partition coefficient (Wildman–Crippen LogP) is 1.84. The molecule has 0 spiro atoms. The summed E-state index contributed by atoms with van der Waals surface area (Å²) in [5.41, 5.74) is 2.59. The Morgan fingerprint density at radius 2 is 2.20 bits per heavy atom. The summed E-state index contributed by atoms with van der Waals surface area (Å²) in [7, 11) is 1.35. The maximum atomic E-state index is 11.9. The van der Waals surface area contributed by atoms with Gasteiger partial charge in [0.05, 0.1) is 31.4 Å². The molecule has 2 aromatic rings. The number of imidazole rings is 1. The van der Waals surface area contributed by atoms with Crippen LogP contribution < -0.4 is 4.90 Å². The highest BCUT2D eigenvalue weighted by atomic mass is 35.5. The summed E-state index contributed by atoms with van der Waals surface area (Å²) in [4.78, 5) is 21.1. The number of morpholine rings is 1. The van der Waals surface area contributed by atoms with Gasteiger partial charge in [0.25, 0.3) is 0 Å². The number of halogens is 1. The first kappa shape index (κ1) is 13.2. The topological polar surface area (TPSA) is 67.4 Å². The van der Waals surface area contributed by atoms with Gasteiger partial charge >= 0.3 is 5.97 Å². The zero-order chi connectivity index (χ0) is 14.1. The van der Waals surface area contributed by atoms with Gasteiger partial charge in [-0.25, -0.2) is 9.78 Å². The van der Waals surface area contributed by atoms with Gasteiger partial charge in [0, 0.05) is 18.8 Å². The number of ether oxygens (including phenoxy) is 2. The molecule has 1 aliphatic rings. The van der Waals surface area contributed by atoms with Crippen molar-refractivity contribution in [2.24, 2.45) is 0 Å². The van der Waals surface area contributed by atoms with Gasteiger partial charge in [-0.3, -0.25) is 0 Å².